The summed E-state index contributed by atoms with van der Waals surface area (Å²) in [6.07, 6.45) is -8.80. The predicted octanol–water partition coefficient (Wildman–Crippen LogP) is 1.69. The standard InChI is InChI=1S/C6H3F5O4/c7-3-1-12-4(14-3)2-13-6(10,11)15-5(4,8)9/h1H,2H2. The normalized spacial score (nSPS) is 37.0. The van der Waals surface area contributed by atoms with Gasteiger partial charge in [0.2, 0.25) is 0 Å². The Morgan fingerprint density at radius 2 is 1.87 bits per heavy atom. The highest BCUT2D eigenvalue weighted by molar-refractivity contribution is 4.96. The third-order valence-electron chi connectivity index (χ3n) is 1.72. The van der Waals surface area contributed by atoms with E-state index >= 15 is 0 Å². The topological polar surface area (TPSA) is 36.9 Å². The van der Waals surface area contributed by atoms with Crippen LogP contribution in [0.2, 0.25) is 0 Å². The van der Waals surface area contributed by atoms with Crippen LogP contribution in [0.15, 0.2) is 12.3 Å². The number of ether oxygens (including phenoxy) is 4. The minimum Gasteiger partial charge on any atom is -0.444 e. The van der Waals surface area contributed by atoms with E-state index in [9.17, 15) is 22.0 Å². The first-order chi connectivity index (χ1) is 6.77. The van der Waals surface area contributed by atoms with Crippen LogP contribution in [0.3, 0.4) is 0 Å². The molecular formula is C6H3F5O4. The van der Waals surface area contributed by atoms with E-state index in [1.54, 1.807) is 0 Å². The number of halogens is 5. The van der Waals surface area contributed by atoms with Crippen molar-refractivity contribution >= 4 is 0 Å². The third kappa shape index (κ3) is 1.51. The van der Waals surface area contributed by atoms with E-state index in [2.05, 4.69) is 18.9 Å². The second-order valence-corrected chi connectivity index (χ2v) is 2.77. The smallest absolute Gasteiger partial charge is 0.444 e. The van der Waals surface area contributed by atoms with Gasteiger partial charge in [0.05, 0.1) is 0 Å². The van der Waals surface area contributed by atoms with E-state index in [1.807, 2.05) is 0 Å². The Hall–Kier alpha value is -1.09. The van der Waals surface area contributed by atoms with E-state index in [0.717, 1.165) is 0 Å². The zero-order valence-corrected chi connectivity index (χ0v) is 6.81. The largest absolute Gasteiger partial charge is 0.490 e. The summed E-state index contributed by atoms with van der Waals surface area (Å²) < 4.78 is 77.6. The fraction of sp³-hybridized carbons (Fsp3) is 0.667. The zero-order valence-electron chi connectivity index (χ0n) is 6.81. The first-order valence-corrected chi connectivity index (χ1v) is 3.59. The fourth-order valence-corrected chi connectivity index (χ4v) is 1.06. The van der Waals surface area contributed by atoms with Gasteiger partial charge in [0.25, 0.3) is 0 Å². The maximum absolute atomic E-state index is 13.0. The first kappa shape index (κ1) is 10.4. The van der Waals surface area contributed by atoms with Crippen molar-refractivity contribution in [2.45, 2.75) is 18.2 Å². The molecule has 1 atom stereocenters. The molecule has 0 saturated carbocycles. The van der Waals surface area contributed by atoms with Crippen molar-refractivity contribution in [2.75, 3.05) is 6.61 Å². The maximum atomic E-state index is 13.0. The second-order valence-electron chi connectivity index (χ2n) is 2.77. The van der Waals surface area contributed by atoms with Crippen LogP contribution in [0.1, 0.15) is 0 Å². The molecule has 9 heteroatoms. The van der Waals surface area contributed by atoms with Crippen LogP contribution >= 0.6 is 0 Å². The Balaban J connectivity index is 2.23. The van der Waals surface area contributed by atoms with Crippen molar-refractivity contribution in [3.63, 3.8) is 0 Å². The molecule has 86 valence electrons. The molecule has 0 amide bonds. The number of hydrogen-bond donors (Lipinski definition) is 0. The van der Waals surface area contributed by atoms with Crippen molar-refractivity contribution in [2.24, 2.45) is 0 Å². The number of rotatable bonds is 0. The van der Waals surface area contributed by atoms with Gasteiger partial charge in [-0.1, -0.05) is 0 Å². The molecule has 0 aromatic carbocycles. The Morgan fingerprint density at radius 3 is 2.33 bits per heavy atom. The Labute approximate surface area is 79.1 Å². The van der Waals surface area contributed by atoms with Crippen molar-refractivity contribution in [3.8, 4) is 0 Å². The predicted molar refractivity (Wildman–Crippen MR) is 31.0 cm³/mol. The van der Waals surface area contributed by atoms with E-state index < -0.39 is 30.8 Å². The van der Waals surface area contributed by atoms with Gasteiger partial charge in [0, 0.05) is 0 Å². The van der Waals surface area contributed by atoms with Gasteiger partial charge in [0.15, 0.2) is 6.26 Å². The van der Waals surface area contributed by atoms with Gasteiger partial charge in [-0.15, -0.1) is 8.78 Å². The lowest BCUT2D eigenvalue weighted by atomic mass is 10.2. The molecule has 1 fully saturated rings. The highest BCUT2D eigenvalue weighted by atomic mass is 19.3. The quantitative estimate of drug-likeness (QED) is 0.597. The van der Waals surface area contributed by atoms with Crippen LogP contribution in [0, 0.1) is 0 Å². The Bertz CT molecular complexity index is 317. The lowest BCUT2D eigenvalue weighted by Gasteiger charge is -2.39. The molecule has 2 heterocycles. The first-order valence-electron chi connectivity index (χ1n) is 3.59. The van der Waals surface area contributed by atoms with Crippen molar-refractivity contribution < 1.29 is 40.9 Å². The SMILES string of the molecule is FC1=COC2(COC(F)(F)OC2(F)F)O1. The number of hydrogen-bond acceptors (Lipinski definition) is 4. The summed E-state index contributed by atoms with van der Waals surface area (Å²) in [5.41, 5.74) is 0. The van der Waals surface area contributed by atoms with Gasteiger partial charge in [-0.25, -0.2) is 4.74 Å². The molecule has 0 aromatic rings. The molecule has 0 aromatic heterocycles. The summed E-state index contributed by atoms with van der Waals surface area (Å²) in [6.45, 7) is -1.38. The van der Waals surface area contributed by atoms with Crippen LogP contribution in [0.4, 0.5) is 22.0 Å². The molecule has 0 aliphatic carbocycles. The average Bonchev–Trinajstić information content (AvgIpc) is 2.42. The highest BCUT2D eigenvalue weighted by Crippen LogP contribution is 2.47. The van der Waals surface area contributed by atoms with E-state index in [-0.39, 0.29) is 6.26 Å². The van der Waals surface area contributed by atoms with Gasteiger partial charge >= 0.3 is 24.2 Å². The summed E-state index contributed by atoms with van der Waals surface area (Å²) >= 11 is 0. The Morgan fingerprint density at radius 1 is 1.20 bits per heavy atom. The molecule has 15 heavy (non-hydrogen) atoms. The molecule has 1 spiro atoms. The van der Waals surface area contributed by atoms with Crippen LogP contribution < -0.4 is 0 Å². The molecule has 2 rings (SSSR count). The van der Waals surface area contributed by atoms with Gasteiger partial charge in [-0.05, 0) is 0 Å². The molecule has 4 nitrogen and oxygen atoms in total. The molecular weight excluding hydrogens is 231 g/mol. The van der Waals surface area contributed by atoms with Gasteiger partial charge in [0.1, 0.15) is 6.61 Å². The average molecular weight is 234 g/mol. The van der Waals surface area contributed by atoms with Crippen molar-refractivity contribution in [1.29, 1.82) is 0 Å². The van der Waals surface area contributed by atoms with Crippen LogP contribution in [0.5, 0.6) is 0 Å². The minimum atomic E-state index is -4.54. The van der Waals surface area contributed by atoms with Crippen molar-refractivity contribution in [1.82, 2.24) is 0 Å². The van der Waals surface area contributed by atoms with E-state index in [4.69, 9.17) is 0 Å². The van der Waals surface area contributed by atoms with Crippen LogP contribution in [-0.2, 0) is 18.9 Å². The third-order valence-corrected chi connectivity index (χ3v) is 1.72. The molecule has 0 bridgehead atoms. The highest BCUT2D eigenvalue weighted by Gasteiger charge is 2.71. The summed E-state index contributed by atoms with van der Waals surface area (Å²) in [5.74, 6) is -3.03. The van der Waals surface area contributed by atoms with Crippen LogP contribution in [-0.4, -0.2) is 24.8 Å². The molecule has 0 radical (unpaired) electrons. The summed E-state index contributed by atoms with van der Waals surface area (Å²) in [5, 5.41) is 0. The lowest BCUT2D eigenvalue weighted by molar-refractivity contribution is -0.557. The van der Waals surface area contributed by atoms with Gasteiger partial charge in [-0.3, -0.25) is 4.74 Å². The van der Waals surface area contributed by atoms with Crippen molar-refractivity contribution in [3.05, 3.63) is 12.3 Å². The maximum Gasteiger partial charge on any atom is 0.490 e. The van der Waals surface area contributed by atoms with Gasteiger partial charge in [-0.2, -0.15) is 13.2 Å². The minimum absolute atomic E-state index is 0.212. The summed E-state index contributed by atoms with van der Waals surface area (Å²) in [4.78, 5) is 0. The van der Waals surface area contributed by atoms with Gasteiger partial charge < -0.3 is 9.47 Å². The monoisotopic (exact) mass is 234 g/mol. The lowest BCUT2D eigenvalue weighted by Crippen LogP contribution is -2.62. The second kappa shape index (κ2) is 2.73. The molecule has 0 N–H and O–H groups in total. The molecule has 1 saturated heterocycles. The van der Waals surface area contributed by atoms with E-state index in [1.165, 1.54) is 0 Å². The number of alkyl halides is 4. The zero-order chi connectivity index (χ0) is 11.3. The summed E-state index contributed by atoms with van der Waals surface area (Å²) in [6, 6.07) is -1.48. The summed E-state index contributed by atoms with van der Waals surface area (Å²) in [7, 11) is 0. The molecule has 2 aliphatic heterocycles. The molecule has 1 unspecified atom stereocenters. The Kier molecular flexibility index (Phi) is 1.90. The van der Waals surface area contributed by atoms with E-state index in [0.29, 0.717) is 0 Å². The fourth-order valence-electron chi connectivity index (χ4n) is 1.06. The molecule has 2 aliphatic rings. The van der Waals surface area contributed by atoms with Crippen LogP contribution in [0.25, 0.3) is 0 Å².